The van der Waals surface area contributed by atoms with Gasteiger partial charge in [-0.05, 0) is 74.4 Å². The van der Waals surface area contributed by atoms with E-state index >= 15 is 0 Å². The molecule has 0 N–H and O–H groups in total. The van der Waals surface area contributed by atoms with Gasteiger partial charge in [0.15, 0.2) is 0 Å². The van der Waals surface area contributed by atoms with Crippen LogP contribution in [-0.2, 0) is 16.4 Å². The Morgan fingerprint density at radius 1 is 0.970 bits per heavy atom. The van der Waals surface area contributed by atoms with Gasteiger partial charge in [0, 0.05) is 18.1 Å². The SMILES string of the molecule is CCOc1ccc(S(=O)(=O)c2cn(Cc3cc(C)ccc3C)c3ccc(F)cc3c2=O)cc1. The van der Waals surface area contributed by atoms with Crippen molar-refractivity contribution in [3.63, 3.8) is 0 Å². The number of halogens is 1. The monoisotopic (exact) mass is 465 g/mol. The van der Waals surface area contributed by atoms with Crippen LogP contribution in [0.5, 0.6) is 5.75 Å². The van der Waals surface area contributed by atoms with Gasteiger partial charge in [0.1, 0.15) is 16.5 Å². The van der Waals surface area contributed by atoms with Gasteiger partial charge in [-0.25, -0.2) is 12.8 Å². The maximum absolute atomic E-state index is 14.0. The molecular weight excluding hydrogens is 441 g/mol. The van der Waals surface area contributed by atoms with E-state index in [2.05, 4.69) is 0 Å². The average molecular weight is 466 g/mol. The topological polar surface area (TPSA) is 65.4 Å². The number of nitrogens with zero attached hydrogens (tertiary/aromatic N) is 1. The van der Waals surface area contributed by atoms with Gasteiger partial charge in [0.2, 0.25) is 15.3 Å². The number of benzene rings is 3. The second kappa shape index (κ2) is 8.83. The molecule has 0 atom stereocenters. The highest BCUT2D eigenvalue weighted by atomic mass is 32.2. The molecule has 0 saturated heterocycles. The molecule has 33 heavy (non-hydrogen) atoms. The molecule has 1 aromatic heterocycles. The van der Waals surface area contributed by atoms with Crippen LogP contribution < -0.4 is 10.2 Å². The molecule has 4 aromatic rings. The van der Waals surface area contributed by atoms with Gasteiger partial charge >= 0.3 is 0 Å². The number of rotatable bonds is 6. The van der Waals surface area contributed by atoms with Crippen molar-refractivity contribution in [1.29, 1.82) is 0 Å². The molecule has 0 fully saturated rings. The Morgan fingerprint density at radius 2 is 1.70 bits per heavy atom. The smallest absolute Gasteiger partial charge is 0.211 e. The molecule has 0 saturated carbocycles. The Hall–Kier alpha value is -3.45. The summed E-state index contributed by atoms with van der Waals surface area (Å²) < 4.78 is 48.0. The summed E-state index contributed by atoms with van der Waals surface area (Å²) >= 11 is 0. The van der Waals surface area contributed by atoms with Gasteiger partial charge in [-0.3, -0.25) is 4.79 Å². The van der Waals surface area contributed by atoms with Gasteiger partial charge in [0.05, 0.1) is 17.0 Å². The van der Waals surface area contributed by atoms with Gasteiger partial charge in [-0.1, -0.05) is 23.8 Å². The molecule has 170 valence electrons. The molecule has 0 bridgehead atoms. The zero-order valence-electron chi connectivity index (χ0n) is 18.6. The molecule has 0 aliphatic rings. The lowest BCUT2D eigenvalue weighted by Crippen LogP contribution is -2.20. The third-order valence-corrected chi connectivity index (χ3v) is 7.35. The molecule has 1 heterocycles. The van der Waals surface area contributed by atoms with Crippen molar-refractivity contribution < 1.29 is 17.5 Å². The maximum atomic E-state index is 14.0. The average Bonchev–Trinajstić information content (AvgIpc) is 2.78. The van der Waals surface area contributed by atoms with Crippen molar-refractivity contribution in [3.8, 4) is 5.75 Å². The fraction of sp³-hybridized carbons (Fsp3) is 0.192. The molecule has 4 rings (SSSR count). The zero-order chi connectivity index (χ0) is 23.8. The Bertz CT molecular complexity index is 1510. The predicted molar refractivity (Wildman–Crippen MR) is 126 cm³/mol. The standard InChI is InChI=1S/C26H24FNO4S/c1-4-32-21-8-10-22(11-9-21)33(30,31)25-16-28(15-19-13-17(2)5-6-18(19)3)24-12-7-20(27)14-23(24)26(25)29/h5-14,16H,4,15H2,1-3H3. The molecule has 0 radical (unpaired) electrons. The van der Waals surface area contributed by atoms with Crippen LogP contribution in [0.2, 0.25) is 0 Å². The lowest BCUT2D eigenvalue weighted by Gasteiger charge is -2.16. The van der Waals surface area contributed by atoms with Crippen LogP contribution in [0, 0.1) is 19.7 Å². The minimum absolute atomic E-state index is 0.0207. The number of hydrogen-bond donors (Lipinski definition) is 0. The van der Waals surface area contributed by atoms with Crippen LogP contribution in [0.25, 0.3) is 10.9 Å². The Labute approximate surface area is 192 Å². The van der Waals surface area contributed by atoms with Gasteiger partial charge < -0.3 is 9.30 Å². The zero-order valence-corrected chi connectivity index (χ0v) is 19.4. The largest absolute Gasteiger partial charge is 0.494 e. The molecule has 0 unspecified atom stereocenters. The van der Waals surface area contributed by atoms with Crippen LogP contribution in [0.4, 0.5) is 4.39 Å². The number of fused-ring (bicyclic) bond motifs is 1. The van der Waals surface area contributed by atoms with E-state index in [0.29, 0.717) is 24.4 Å². The first-order chi connectivity index (χ1) is 15.7. The second-order valence-corrected chi connectivity index (χ2v) is 9.87. The Kier molecular flexibility index (Phi) is 6.08. The van der Waals surface area contributed by atoms with E-state index in [1.54, 1.807) is 16.7 Å². The first-order valence-electron chi connectivity index (χ1n) is 10.6. The molecule has 3 aromatic carbocycles. The third kappa shape index (κ3) is 4.41. The van der Waals surface area contributed by atoms with E-state index in [4.69, 9.17) is 4.74 Å². The predicted octanol–water partition coefficient (Wildman–Crippen LogP) is 5.04. The lowest BCUT2D eigenvalue weighted by atomic mass is 10.1. The number of aryl methyl sites for hydroxylation is 2. The third-order valence-electron chi connectivity index (χ3n) is 5.59. The van der Waals surface area contributed by atoms with E-state index in [0.717, 1.165) is 22.8 Å². The van der Waals surface area contributed by atoms with Crippen molar-refractivity contribution in [2.45, 2.75) is 37.1 Å². The highest BCUT2D eigenvalue weighted by Crippen LogP contribution is 2.25. The van der Waals surface area contributed by atoms with Crippen molar-refractivity contribution in [1.82, 2.24) is 4.57 Å². The van der Waals surface area contributed by atoms with Crippen LogP contribution in [0.1, 0.15) is 23.6 Å². The summed E-state index contributed by atoms with van der Waals surface area (Å²) in [6.45, 7) is 6.56. The highest BCUT2D eigenvalue weighted by molar-refractivity contribution is 7.91. The van der Waals surface area contributed by atoms with E-state index in [-0.39, 0.29) is 10.3 Å². The van der Waals surface area contributed by atoms with Crippen molar-refractivity contribution in [3.05, 3.63) is 99.6 Å². The van der Waals surface area contributed by atoms with Gasteiger partial charge in [-0.15, -0.1) is 0 Å². The van der Waals surface area contributed by atoms with Crippen LogP contribution in [0.3, 0.4) is 0 Å². The van der Waals surface area contributed by atoms with E-state index < -0.39 is 26.0 Å². The van der Waals surface area contributed by atoms with E-state index in [9.17, 15) is 17.6 Å². The molecule has 5 nitrogen and oxygen atoms in total. The summed E-state index contributed by atoms with van der Waals surface area (Å²) in [4.78, 5) is 12.8. The minimum atomic E-state index is -4.15. The molecule has 0 spiro atoms. The normalized spacial score (nSPS) is 11.6. The Balaban J connectivity index is 1.92. The number of aromatic nitrogens is 1. The maximum Gasteiger partial charge on any atom is 0.211 e. The molecule has 0 aliphatic heterocycles. The fourth-order valence-corrected chi connectivity index (χ4v) is 5.20. The highest BCUT2D eigenvalue weighted by Gasteiger charge is 2.24. The quantitative estimate of drug-likeness (QED) is 0.400. The first-order valence-corrected chi connectivity index (χ1v) is 12.1. The summed E-state index contributed by atoms with van der Waals surface area (Å²) in [5.41, 5.74) is 2.82. The second-order valence-electron chi connectivity index (χ2n) is 7.95. The Morgan fingerprint density at radius 3 is 2.39 bits per heavy atom. The van der Waals surface area contributed by atoms with Crippen LogP contribution in [-0.4, -0.2) is 19.6 Å². The summed E-state index contributed by atoms with van der Waals surface area (Å²) in [7, 11) is -4.15. The van der Waals surface area contributed by atoms with Gasteiger partial charge in [-0.2, -0.15) is 0 Å². The van der Waals surface area contributed by atoms with E-state index in [1.165, 1.54) is 30.5 Å². The van der Waals surface area contributed by atoms with Gasteiger partial charge in [0.25, 0.3) is 0 Å². The minimum Gasteiger partial charge on any atom is -0.494 e. The fourth-order valence-electron chi connectivity index (χ4n) is 3.83. The van der Waals surface area contributed by atoms with Crippen LogP contribution in [0.15, 0.2) is 81.4 Å². The number of pyridine rings is 1. The molecular formula is C26H24FNO4S. The summed E-state index contributed by atoms with van der Waals surface area (Å²) in [5.74, 6) is -0.0714. The first kappa shape index (κ1) is 22.7. The number of sulfone groups is 1. The van der Waals surface area contributed by atoms with Crippen LogP contribution >= 0.6 is 0 Å². The van der Waals surface area contributed by atoms with Crippen molar-refractivity contribution in [2.75, 3.05) is 6.61 Å². The molecule has 0 aliphatic carbocycles. The van der Waals surface area contributed by atoms with E-state index in [1.807, 2.05) is 39.0 Å². The summed E-state index contributed by atoms with van der Waals surface area (Å²) in [6, 6.07) is 15.8. The van der Waals surface area contributed by atoms with Crippen molar-refractivity contribution in [2.24, 2.45) is 0 Å². The summed E-state index contributed by atoms with van der Waals surface area (Å²) in [6.07, 6.45) is 1.36. The van der Waals surface area contributed by atoms with Crippen molar-refractivity contribution >= 4 is 20.7 Å². The molecule has 7 heteroatoms. The summed E-state index contributed by atoms with van der Waals surface area (Å²) in [5, 5.41) is 0.0207. The lowest BCUT2D eigenvalue weighted by molar-refractivity contribution is 0.340. The molecule has 0 amide bonds. The number of hydrogen-bond acceptors (Lipinski definition) is 4. The number of ether oxygens (including phenoxy) is 1.